The van der Waals surface area contributed by atoms with E-state index in [0.29, 0.717) is 34.0 Å². The van der Waals surface area contributed by atoms with Crippen LogP contribution in [-0.4, -0.2) is 79.9 Å². The highest BCUT2D eigenvalue weighted by atomic mass is 35.5. The zero-order valence-electron chi connectivity index (χ0n) is 22.2. The second-order valence-electron chi connectivity index (χ2n) is 10.8. The van der Waals surface area contributed by atoms with E-state index in [4.69, 9.17) is 21.7 Å². The molecule has 0 radical (unpaired) electrons. The molecular weight excluding hydrogens is 557 g/mol. The molecule has 0 spiro atoms. The summed E-state index contributed by atoms with van der Waals surface area (Å²) in [7, 11) is 0. The lowest BCUT2D eigenvalue weighted by Gasteiger charge is -2.32. The van der Waals surface area contributed by atoms with Gasteiger partial charge in [-0.05, 0) is 43.2 Å². The largest absolute Gasteiger partial charge is 0.394 e. The SMILES string of the molecule is OC[C@H](O)CN1CCC(n2cc(-c3c(Cl)cnc4ccc(N5C[C@@H](F)C[C@@H]5c5cc(F)ccc5F)nc34)cn2)CC1. The molecule has 216 valence electrons. The van der Waals surface area contributed by atoms with Crippen molar-refractivity contribution in [3.8, 4) is 11.1 Å². The fraction of sp³-hybridized carbons (Fsp3) is 0.414. The third-order valence-corrected chi connectivity index (χ3v) is 8.30. The maximum atomic E-state index is 14.7. The van der Waals surface area contributed by atoms with E-state index in [1.807, 2.05) is 10.9 Å². The van der Waals surface area contributed by atoms with Crippen LogP contribution in [0.2, 0.25) is 5.02 Å². The number of rotatable bonds is 7. The summed E-state index contributed by atoms with van der Waals surface area (Å²) < 4.78 is 45.3. The molecule has 12 heteroatoms. The molecule has 4 aromatic rings. The summed E-state index contributed by atoms with van der Waals surface area (Å²) in [5, 5.41) is 23.9. The maximum Gasteiger partial charge on any atom is 0.130 e. The monoisotopic (exact) mass is 586 g/mol. The highest BCUT2D eigenvalue weighted by Gasteiger charge is 2.36. The van der Waals surface area contributed by atoms with Gasteiger partial charge in [0, 0.05) is 55.1 Å². The average molecular weight is 587 g/mol. The number of likely N-dealkylation sites (tertiary alicyclic amines) is 1. The van der Waals surface area contributed by atoms with Gasteiger partial charge in [0.2, 0.25) is 0 Å². The number of aliphatic hydroxyl groups excluding tert-OH is 2. The fourth-order valence-electron chi connectivity index (χ4n) is 5.96. The van der Waals surface area contributed by atoms with Crippen LogP contribution in [0, 0.1) is 11.6 Å². The molecule has 2 aliphatic rings. The quantitative estimate of drug-likeness (QED) is 0.324. The number of hydrogen-bond donors (Lipinski definition) is 2. The van der Waals surface area contributed by atoms with Crippen LogP contribution in [-0.2, 0) is 0 Å². The van der Waals surface area contributed by atoms with Crippen molar-refractivity contribution in [3.05, 3.63) is 71.1 Å². The van der Waals surface area contributed by atoms with E-state index in [2.05, 4.69) is 15.0 Å². The first-order valence-electron chi connectivity index (χ1n) is 13.7. The lowest BCUT2D eigenvalue weighted by molar-refractivity contribution is 0.0474. The fourth-order valence-corrected chi connectivity index (χ4v) is 6.21. The van der Waals surface area contributed by atoms with E-state index in [9.17, 15) is 18.3 Å². The number of aromatic nitrogens is 4. The molecule has 0 amide bonds. The van der Waals surface area contributed by atoms with Gasteiger partial charge in [0.05, 0.1) is 48.1 Å². The van der Waals surface area contributed by atoms with E-state index in [1.54, 1.807) is 29.4 Å². The van der Waals surface area contributed by atoms with Crippen LogP contribution in [0.1, 0.15) is 36.9 Å². The summed E-state index contributed by atoms with van der Waals surface area (Å²) >= 11 is 6.66. The topological polar surface area (TPSA) is 90.5 Å². The molecule has 0 saturated carbocycles. The lowest BCUT2D eigenvalue weighted by Crippen LogP contribution is -2.40. The van der Waals surface area contributed by atoms with E-state index >= 15 is 0 Å². The van der Waals surface area contributed by atoms with Gasteiger partial charge in [-0.15, -0.1) is 0 Å². The Kier molecular flexibility index (Phi) is 7.86. The average Bonchev–Trinajstić information content (AvgIpc) is 3.61. The minimum absolute atomic E-state index is 0.00554. The minimum Gasteiger partial charge on any atom is -0.394 e. The van der Waals surface area contributed by atoms with Crippen molar-refractivity contribution >= 4 is 28.5 Å². The molecule has 6 rings (SSSR count). The number of β-amino-alcohol motifs (C(OH)–C–C–N with tert-alkyl or cyclic N) is 1. The zero-order chi connectivity index (χ0) is 28.7. The summed E-state index contributed by atoms with van der Waals surface area (Å²) in [6, 6.07) is 6.14. The van der Waals surface area contributed by atoms with Crippen molar-refractivity contribution in [1.82, 2.24) is 24.6 Å². The first-order valence-corrected chi connectivity index (χ1v) is 14.0. The summed E-state index contributed by atoms with van der Waals surface area (Å²) in [5.74, 6) is -0.759. The second-order valence-corrected chi connectivity index (χ2v) is 11.2. The Morgan fingerprint density at radius 1 is 1.10 bits per heavy atom. The van der Waals surface area contributed by atoms with Crippen LogP contribution in [0.3, 0.4) is 0 Å². The van der Waals surface area contributed by atoms with Gasteiger partial charge in [-0.1, -0.05) is 11.6 Å². The molecule has 8 nitrogen and oxygen atoms in total. The lowest BCUT2D eigenvalue weighted by atomic mass is 10.0. The molecule has 0 bridgehead atoms. The number of nitrogens with zero attached hydrogens (tertiary/aromatic N) is 6. The van der Waals surface area contributed by atoms with Gasteiger partial charge in [-0.3, -0.25) is 9.67 Å². The highest BCUT2D eigenvalue weighted by molar-refractivity contribution is 6.34. The van der Waals surface area contributed by atoms with E-state index < -0.39 is 30.0 Å². The first-order chi connectivity index (χ1) is 19.8. The van der Waals surface area contributed by atoms with E-state index in [-0.39, 0.29) is 31.2 Å². The first kappa shape index (κ1) is 27.9. The Labute approximate surface area is 240 Å². The Morgan fingerprint density at radius 3 is 2.68 bits per heavy atom. The summed E-state index contributed by atoms with van der Waals surface area (Å²) in [6.45, 7) is 1.73. The minimum atomic E-state index is -1.23. The number of halogens is 4. The molecule has 3 atom stereocenters. The van der Waals surface area contributed by atoms with Crippen molar-refractivity contribution < 1.29 is 23.4 Å². The molecule has 0 aliphatic carbocycles. The summed E-state index contributed by atoms with van der Waals surface area (Å²) in [4.78, 5) is 13.0. The van der Waals surface area contributed by atoms with Crippen LogP contribution in [0.4, 0.5) is 19.0 Å². The number of hydrogen-bond acceptors (Lipinski definition) is 7. The molecule has 1 aromatic carbocycles. The van der Waals surface area contributed by atoms with Crippen LogP contribution in [0.25, 0.3) is 22.2 Å². The number of piperidine rings is 1. The van der Waals surface area contributed by atoms with Gasteiger partial charge in [0.15, 0.2) is 0 Å². The van der Waals surface area contributed by atoms with Crippen molar-refractivity contribution in [2.24, 2.45) is 0 Å². The molecule has 2 saturated heterocycles. The molecule has 41 heavy (non-hydrogen) atoms. The third-order valence-electron chi connectivity index (χ3n) is 8.01. The van der Waals surface area contributed by atoms with Gasteiger partial charge in [0.25, 0.3) is 0 Å². The zero-order valence-corrected chi connectivity index (χ0v) is 22.9. The van der Waals surface area contributed by atoms with Gasteiger partial charge in [-0.25, -0.2) is 18.2 Å². The maximum absolute atomic E-state index is 14.7. The Balaban J connectivity index is 1.30. The number of benzene rings is 1. The predicted octanol–water partition coefficient (Wildman–Crippen LogP) is 4.70. The van der Waals surface area contributed by atoms with Crippen LogP contribution < -0.4 is 4.90 Å². The van der Waals surface area contributed by atoms with Gasteiger partial charge >= 0.3 is 0 Å². The molecule has 5 heterocycles. The normalized spacial score (nSPS) is 21.2. The Hall–Kier alpha value is -3.25. The Bertz CT molecular complexity index is 1550. The molecular formula is C29H30ClF3N6O2. The summed E-state index contributed by atoms with van der Waals surface area (Å²) in [6.07, 6.45) is 4.93. The highest BCUT2D eigenvalue weighted by Crippen LogP contribution is 2.40. The van der Waals surface area contributed by atoms with E-state index in [0.717, 1.165) is 49.7 Å². The second kappa shape index (κ2) is 11.6. The van der Waals surface area contributed by atoms with E-state index in [1.165, 1.54) is 0 Å². The number of alkyl halides is 1. The number of pyridine rings is 2. The van der Waals surface area contributed by atoms with Gasteiger partial charge in [0.1, 0.15) is 29.1 Å². The van der Waals surface area contributed by atoms with Crippen molar-refractivity contribution in [1.29, 1.82) is 0 Å². The van der Waals surface area contributed by atoms with Gasteiger partial charge in [-0.2, -0.15) is 5.10 Å². The number of aliphatic hydroxyl groups is 2. The molecule has 2 aliphatic heterocycles. The molecule has 2 N–H and O–H groups in total. The Morgan fingerprint density at radius 2 is 1.90 bits per heavy atom. The van der Waals surface area contributed by atoms with Crippen molar-refractivity contribution in [2.45, 2.75) is 43.6 Å². The molecule has 0 unspecified atom stereocenters. The molecule has 2 fully saturated rings. The van der Waals surface area contributed by atoms with Crippen molar-refractivity contribution in [3.63, 3.8) is 0 Å². The third kappa shape index (κ3) is 5.63. The van der Waals surface area contributed by atoms with Crippen molar-refractivity contribution in [2.75, 3.05) is 37.7 Å². The van der Waals surface area contributed by atoms with Crippen LogP contribution >= 0.6 is 11.6 Å². The standard InChI is InChI=1S/C29H30ClF3N6O2/c30-23-12-34-25-3-4-27(38-14-19(32)10-26(38)22-9-18(31)1-2-24(22)33)36-29(25)28(23)17-11-35-39(13-17)20-5-7-37(8-6-20)15-21(41)16-40/h1-4,9,11-13,19-21,26,40-41H,5-8,10,14-16H2/t19-,21+,26+/m0/s1. The van der Waals surface area contributed by atoms with Crippen LogP contribution in [0.5, 0.6) is 0 Å². The number of fused-ring (bicyclic) bond motifs is 1. The smallest absolute Gasteiger partial charge is 0.130 e. The predicted molar refractivity (Wildman–Crippen MR) is 150 cm³/mol. The number of anilines is 1. The van der Waals surface area contributed by atoms with Crippen LogP contribution in [0.15, 0.2) is 48.9 Å². The van der Waals surface area contributed by atoms with Gasteiger partial charge < -0.3 is 20.0 Å². The molecule has 3 aromatic heterocycles. The summed E-state index contributed by atoms with van der Waals surface area (Å²) in [5.41, 5.74) is 2.57.